The van der Waals surface area contributed by atoms with Crippen LogP contribution in [0.3, 0.4) is 0 Å². The van der Waals surface area contributed by atoms with Gasteiger partial charge in [-0.1, -0.05) is 11.2 Å². The molecule has 1 aromatic heterocycles. The van der Waals surface area contributed by atoms with E-state index in [1.807, 2.05) is 0 Å². The van der Waals surface area contributed by atoms with Gasteiger partial charge in [-0.15, -0.1) is 11.3 Å². The van der Waals surface area contributed by atoms with Gasteiger partial charge in [0, 0.05) is 0 Å². The van der Waals surface area contributed by atoms with Gasteiger partial charge in [0.15, 0.2) is 5.71 Å². The molecule has 10 nitrogen and oxygen atoms in total. The van der Waals surface area contributed by atoms with Crippen molar-refractivity contribution in [2.45, 2.75) is 31.3 Å². The Hall–Kier alpha value is -2.44. The van der Waals surface area contributed by atoms with Crippen LogP contribution in [0.25, 0.3) is 0 Å². The Balaban J connectivity index is 2.00. The number of carbonyl (C=O) groups excluding carboxylic acids is 1. The van der Waals surface area contributed by atoms with E-state index in [0.717, 1.165) is 0 Å². The number of nitrogens with zero attached hydrogens (tertiary/aromatic N) is 1. The Labute approximate surface area is 152 Å². The number of thiophene rings is 1. The third kappa shape index (κ3) is 5.83. The molecule has 12 heteroatoms. The zero-order chi connectivity index (χ0) is 19.1. The molecular formula is C14H17BN2O8S. The van der Waals surface area contributed by atoms with E-state index in [2.05, 4.69) is 15.3 Å². The largest absolute Gasteiger partial charge is 0.481 e. The van der Waals surface area contributed by atoms with Crippen molar-refractivity contribution < 1.29 is 39.1 Å². The summed E-state index contributed by atoms with van der Waals surface area (Å²) < 4.78 is 5.21. The first kappa shape index (κ1) is 19.9. The fourth-order valence-corrected chi connectivity index (χ4v) is 3.06. The van der Waals surface area contributed by atoms with Crippen molar-refractivity contribution in [3.63, 3.8) is 0 Å². The van der Waals surface area contributed by atoms with Crippen LogP contribution in [0.5, 0.6) is 0 Å². The summed E-state index contributed by atoms with van der Waals surface area (Å²) in [6, 6.07) is 3.30. The normalized spacial score (nSPS) is 20.5. The Morgan fingerprint density at radius 1 is 1.35 bits per heavy atom. The molecule has 0 bridgehead atoms. The van der Waals surface area contributed by atoms with Crippen molar-refractivity contribution in [2.75, 3.05) is 6.61 Å². The van der Waals surface area contributed by atoms with Crippen molar-refractivity contribution >= 4 is 42.0 Å². The van der Waals surface area contributed by atoms with E-state index in [4.69, 9.17) is 14.9 Å². The highest BCUT2D eigenvalue weighted by molar-refractivity contribution is 7.13. The Kier molecular flexibility index (Phi) is 7.12. The lowest BCUT2D eigenvalue weighted by Gasteiger charge is -2.30. The lowest BCUT2D eigenvalue weighted by atomic mass is 9.72. The average Bonchev–Trinajstić information content (AvgIpc) is 3.07. The molecule has 0 radical (unpaired) electrons. The van der Waals surface area contributed by atoms with Gasteiger partial charge < -0.3 is 30.0 Å². The third-order valence-electron chi connectivity index (χ3n) is 3.51. The number of nitrogens with one attached hydrogen (secondary N) is 1. The van der Waals surface area contributed by atoms with Crippen molar-refractivity contribution in [3.8, 4) is 0 Å². The standard InChI is InChI=1S/C14H17BN2O8S/c18-11(19)6-8-3-4-10(15(23)25-8)16-14(22)13(9-2-1-5-26-9)17-24-7-12(20)21/h1-2,5,8,10,23H,3-4,6-7H2,(H,16,22)(H,18,19)(H,20,21)/b17-13-. The molecule has 0 saturated carbocycles. The smallest absolute Gasteiger partial charge is 0.478 e. The maximum absolute atomic E-state index is 12.5. The molecule has 1 amide bonds. The molecule has 1 fully saturated rings. The minimum atomic E-state index is -1.36. The summed E-state index contributed by atoms with van der Waals surface area (Å²) in [5.41, 5.74) is -0.124. The Morgan fingerprint density at radius 2 is 2.12 bits per heavy atom. The molecule has 2 atom stereocenters. The molecular weight excluding hydrogens is 367 g/mol. The molecule has 140 valence electrons. The van der Waals surface area contributed by atoms with E-state index in [1.165, 1.54) is 11.3 Å². The number of carboxylic acid groups (broad SMARTS) is 2. The minimum Gasteiger partial charge on any atom is -0.481 e. The Morgan fingerprint density at radius 3 is 2.69 bits per heavy atom. The highest BCUT2D eigenvalue weighted by Crippen LogP contribution is 2.19. The van der Waals surface area contributed by atoms with Gasteiger partial charge in [0.05, 0.1) is 23.3 Å². The summed E-state index contributed by atoms with van der Waals surface area (Å²) >= 11 is 1.21. The number of amides is 1. The second kappa shape index (κ2) is 9.31. The molecule has 0 aliphatic carbocycles. The van der Waals surface area contributed by atoms with E-state index >= 15 is 0 Å². The minimum absolute atomic E-state index is 0.124. The van der Waals surface area contributed by atoms with Crippen LogP contribution in [0.15, 0.2) is 22.7 Å². The van der Waals surface area contributed by atoms with E-state index in [-0.39, 0.29) is 12.1 Å². The topological polar surface area (TPSA) is 155 Å². The van der Waals surface area contributed by atoms with E-state index in [1.54, 1.807) is 17.5 Å². The zero-order valence-corrected chi connectivity index (χ0v) is 14.3. The van der Waals surface area contributed by atoms with Crippen LogP contribution in [0.4, 0.5) is 0 Å². The lowest BCUT2D eigenvalue weighted by Crippen LogP contribution is -2.54. The summed E-state index contributed by atoms with van der Waals surface area (Å²) in [4.78, 5) is 38.8. The molecule has 0 aromatic carbocycles. The predicted molar refractivity (Wildman–Crippen MR) is 90.7 cm³/mol. The highest BCUT2D eigenvalue weighted by Gasteiger charge is 2.37. The maximum Gasteiger partial charge on any atom is 0.478 e. The number of carbonyl (C=O) groups is 3. The second-order valence-corrected chi connectivity index (χ2v) is 6.44. The maximum atomic E-state index is 12.5. The molecule has 2 rings (SSSR count). The molecule has 2 unspecified atom stereocenters. The number of oxime groups is 1. The van der Waals surface area contributed by atoms with Gasteiger partial charge in [0.25, 0.3) is 5.91 Å². The van der Waals surface area contributed by atoms with Crippen LogP contribution in [-0.4, -0.2) is 64.6 Å². The third-order valence-corrected chi connectivity index (χ3v) is 4.38. The first-order valence-corrected chi connectivity index (χ1v) is 8.56. The second-order valence-electron chi connectivity index (χ2n) is 5.49. The van der Waals surface area contributed by atoms with Crippen molar-refractivity contribution in [3.05, 3.63) is 22.4 Å². The van der Waals surface area contributed by atoms with Gasteiger partial charge in [-0.05, 0) is 24.3 Å². The van der Waals surface area contributed by atoms with Crippen LogP contribution < -0.4 is 5.32 Å². The SMILES string of the molecule is O=C(O)CO/N=C(\C(=O)NC1CCC(CC(=O)O)OB1O)c1cccs1. The number of hydrogen-bond acceptors (Lipinski definition) is 8. The summed E-state index contributed by atoms with van der Waals surface area (Å²) in [6.45, 7) is -0.700. The number of hydrogen-bond donors (Lipinski definition) is 4. The zero-order valence-electron chi connectivity index (χ0n) is 13.5. The number of aliphatic carboxylic acids is 2. The summed E-state index contributed by atoms with van der Waals surface area (Å²) in [7, 11) is -1.36. The quantitative estimate of drug-likeness (QED) is 0.271. The molecule has 26 heavy (non-hydrogen) atoms. The van der Waals surface area contributed by atoms with Gasteiger partial charge in [-0.2, -0.15) is 0 Å². The van der Waals surface area contributed by atoms with Crippen LogP contribution in [0.2, 0.25) is 0 Å². The number of carboxylic acids is 2. The van der Waals surface area contributed by atoms with Gasteiger partial charge in [0.1, 0.15) is 0 Å². The van der Waals surface area contributed by atoms with Crippen molar-refractivity contribution in [1.29, 1.82) is 0 Å². The van der Waals surface area contributed by atoms with Crippen LogP contribution in [-0.2, 0) is 23.9 Å². The van der Waals surface area contributed by atoms with Gasteiger partial charge in [-0.25, -0.2) is 4.79 Å². The molecule has 4 N–H and O–H groups in total. The fraction of sp³-hybridized carbons (Fsp3) is 0.429. The van der Waals surface area contributed by atoms with Gasteiger partial charge in [0.2, 0.25) is 6.61 Å². The predicted octanol–water partition coefficient (Wildman–Crippen LogP) is -0.288. The van der Waals surface area contributed by atoms with Crippen LogP contribution >= 0.6 is 11.3 Å². The van der Waals surface area contributed by atoms with Crippen LogP contribution in [0.1, 0.15) is 24.1 Å². The highest BCUT2D eigenvalue weighted by atomic mass is 32.1. The van der Waals surface area contributed by atoms with E-state index in [9.17, 15) is 19.4 Å². The monoisotopic (exact) mass is 384 g/mol. The van der Waals surface area contributed by atoms with Gasteiger partial charge in [-0.3, -0.25) is 9.59 Å². The Bertz CT molecular complexity index is 680. The van der Waals surface area contributed by atoms with Crippen molar-refractivity contribution in [2.24, 2.45) is 5.16 Å². The lowest BCUT2D eigenvalue weighted by molar-refractivity contribution is -0.142. The van der Waals surface area contributed by atoms with Crippen molar-refractivity contribution in [1.82, 2.24) is 5.32 Å². The summed E-state index contributed by atoms with van der Waals surface area (Å²) in [6.07, 6.45) is -0.184. The molecule has 0 spiro atoms. The molecule has 1 aromatic rings. The summed E-state index contributed by atoms with van der Waals surface area (Å²) in [5, 5.41) is 35.2. The van der Waals surface area contributed by atoms with E-state index < -0.39 is 43.6 Å². The average molecular weight is 384 g/mol. The van der Waals surface area contributed by atoms with Crippen LogP contribution in [0, 0.1) is 0 Å². The number of rotatable bonds is 8. The molecule has 2 heterocycles. The molecule has 1 aliphatic rings. The summed E-state index contributed by atoms with van der Waals surface area (Å²) in [5.74, 6) is -3.69. The van der Waals surface area contributed by atoms with E-state index in [0.29, 0.717) is 17.7 Å². The molecule has 1 saturated heterocycles. The van der Waals surface area contributed by atoms with Gasteiger partial charge >= 0.3 is 19.1 Å². The molecule has 1 aliphatic heterocycles. The first-order chi connectivity index (χ1) is 12.4. The fourth-order valence-electron chi connectivity index (χ4n) is 2.36. The first-order valence-electron chi connectivity index (χ1n) is 7.68.